The summed E-state index contributed by atoms with van der Waals surface area (Å²) in [6, 6.07) is 8.11. The largest absolute Gasteiger partial charge is 0.497 e. The smallest absolute Gasteiger partial charge is 0.131 e. The Labute approximate surface area is 155 Å². The molecular formula is C22H29N2O2+. The number of fused-ring (bicyclic) bond motifs is 4. The van der Waals surface area contributed by atoms with Gasteiger partial charge in [0, 0.05) is 30.3 Å². The SMILES string of the molecule is C=CC1C[N+]2(CC)CCC1CC2C(O)c1ccnc2ccc(OC)cc12. The van der Waals surface area contributed by atoms with Crippen LogP contribution in [0.4, 0.5) is 0 Å². The van der Waals surface area contributed by atoms with Crippen molar-refractivity contribution in [3.8, 4) is 5.75 Å². The maximum atomic E-state index is 11.5. The number of aliphatic hydroxyl groups is 1. The molecule has 0 radical (unpaired) electrons. The number of hydrogen-bond acceptors (Lipinski definition) is 3. The predicted octanol–water partition coefficient (Wildman–Crippen LogP) is 3.71. The number of benzene rings is 1. The summed E-state index contributed by atoms with van der Waals surface area (Å²) >= 11 is 0. The number of aromatic nitrogens is 1. The van der Waals surface area contributed by atoms with Crippen LogP contribution in [0.15, 0.2) is 43.1 Å². The van der Waals surface area contributed by atoms with Gasteiger partial charge in [-0.1, -0.05) is 6.08 Å². The van der Waals surface area contributed by atoms with Crippen molar-refractivity contribution in [2.45, 2.75) is 31.9 Å². The molecule has 138 valence electrons. The first kappa shape index (κ1) is 17.5. The molecule has 3 aliphatic rings. The van der Waals surface area contributed by atoms with Gasteiger partial charge in [-0.3, -0.25) is 4.98 Å². The fourth-order valence-corrected chi connectivity index (χ4v) is 5.38. The summed E-state index contributed by atoms with van der Waals surface area (Å²) < 4.78 is 6.40. The number of quaternary nitrogens is 1. The Kier molecular flexibility index (Phi) is 4.49. The highest BCUT2D eigenvalue weighted by atomic mass is 16.5. The molecule has 26 heavy (non-hydrogen) atoms. The van der Waals surface area contributed by atoms with Crippen LogP contribution < -0.4 is 4.74 Å². The molecule has 0 saturated carbocycles. The Morgan fingerprint density at radius 1 is 1.42 bits per heavy atom. The Morgan fingerprint density at radius 3 is 3.00 bits per heavy atom. The van der Waals surface area contributed by atoms with Crippen LogP contribution in [0, 0.1) is 11.8 Å². The lowest BCUT2D eigenvalue weighted by Gasteiger charge is -2.57. The third kappa shape index (κ3) is 2.63. The minimum Gasteiger partial charge on any atom is -0.497 e. The van der Waals surface area contributed by atoms with Crippen LogP contribution in [0.1, 0.15) is 31.4 Å². The number of nitrogens with zero attached hydrogens (tertiary/aromatic N) is 2. The normalized spacial score (nSPS) is 31.7. The summed E-state index contributed by atoms with van der Waals surface area (Å²) in [5.41, 5.74) is 1.89. The summed E-state index contributed by atoms with van der Waals surface area (Å²) in [7, 11) is 1.67. The lowest BCUT2D eigenvalue weighted by Crippen LogP contribution is -2.68. The first-order valence-electron chi connectivity index (χ1n) is 9.71. The number of methoxy groups -OCH3 is 1. The number of piperidine rings is 3. The van der Waals surface area contributed by atoms with Gasteiger partial charge in [0.1, 0.15) is 17.9 Å². The highest BCUT2D eigenvalue weighted by Gasteiger charge is 2.53. The van der Waals surface area contributed by atoms with E-state index < -0.39 is 6.10 Å². The molecule has 4 nitrogen and oxygen atoms in total. The molecule has 0 aliphatic carbocycles. The zero-order chi connectivity index (χ0) is 18.3. The van der Waals surface area contributed by atoms with E-state index in [9.17, 15) is 5.11 Å². The van der Waals surface area contributed by atoms with Gasteiger partial charge in [0.25, 0.3) is 0 Å². The third-order valence-corrected chi connectivity index (χ3v) is 6.97. The standard InChI is InChI=1S/C22H29N2O2/c1-4-15-14-24(5-2)11-9-16(15)12-21(24)22(25)18-8-10-23-20-7-6-17(26-3)13-19(18)20/h4,6-8,10,13,15-16,21-22,25H,1,5,9,11-12,14H2,2-3H3/q+1. The van der Waals surface area contributed by atoms with E-state index in [-0.39, 0.29) is 6.04 Å². The van der Waals surface area contributed by atoms with Gasteiger partial charge >= 0.3 is 0 Å². The van der Waals surface area contributed by atoms with E-state index in [0.717, 1.165) is 46.2 Å². The number of hydrogen-bond donors (Lipinski definition) is 1. The van der Waals surface area contributed by atoms with Crippen LogP contribution in [-0.2, 0) is 0 Å². The minimum absolute atomic E-state index is 0.242. The zero-order valence-electron chi connectivity index (χ0n) is 15.8. The van der Waals surface area contributed by atoms with E-state index in [1.807, 2.05) is 30.5 Å². The van der Waals surface area contributed by atoms with Crippen molar-refractivity contribution in [2.24, 2.45) is 11.8 Å². The molecule has 5 rings (SSSR count). The molecule has 3 fully saturated rings. The quantitative estimate of drug-likeness (QED) is 0.658. The maximum absolute atomic E-state index is 11.5. The Bertz CT molecular complexity index is 821. The van der Waals surface area contributed by atoms with Crippen molar-refractivity contribution >= 4 is 10.9 Å². The molecule has 1 aromatic carbocycles. The number of likely N-dealkylation sites (N-methyl/N-ethyl adjacent to an activating group) is 1. The van der Waals surface area contributed by atoms with Crippen molar-refractivity contribution in [3.63, 3.8) is 0 Å². The lowest BCUT2D eigenvalue weighted by atomic mass is 9.71. The van der Waals surface area contributed by atoms with Crippen LogP contribution in [-0.4, -0.2) is 47.4 Å². The molecule has 4 heterocycles. The van der Waals surface area contributed by atoms with E-state index in [2.05, 4.69) is 24.6 Å². The van der Waals surface area contributed by atoms with E-state index in [0.29, 0.717) is 11.8 Å². The number of rotatable bonds is 5. The van der Waals surface area contributed by atoms with E-state index in [1.165, 1.54) is 13.0 Å². The molecule has 3 aliphatic heterocycles. The van der Waals surface area contributed by atoms with Gasteiger partial charge in [0.2, 0.25) is 0 Å². The number of pyridine rings is 1. The summed E-state index contributed by atoms with van der Waals surface area (Å²) in [5, 5.41) is 12.5. The Morgan fingerprint density at radius 2 is 2.27 bits per heavy atom. The van der Waals surface area contributed by atoms with Crippen LogP contribution in [0.25, 0.3) is 10.9 Å². The number of ether oxygens (including phenoxy) is 1. The molecule has 2 bridgehead atoms. The van der Waals surface area contributed by atoms with Gasteiger partial charge in [-0.05, 0) is 42.7 Å². The van der Waals surface area contributed by atoms with Crippen molar-refractivity contribution in [2.75, 3.05) is 26.7 Å². The van der Waals surface area contributed by atoms with Gasteiger partial charge in [-0.15, -0.1) is 6.58 Å². The molecule has 2 aromatic rings. The molecule has 3 saturated heterocycles. The van der Waals surface area contributed by atoms with Gasteiger partial charge in [-0.2, -0.15) is 0 Å². The third-order valence-electron chi connectivity index (χ3n) is 6.97. The predicted molar refractivity (Wildman–Crippen MR) is 104 cm³/mol. The zero-order valence-corrected chi connectivity index (χ0v) is 15.8. The lowest BCUT2D eigenvalue weighted by molar-refractivity contribution is -0.971. The fourth-order valence-electron chi connectivity index (χ4n) is 5.38. The molecule has 1 aromatic heterocycles. The molecular weight excluding hydrogens is 324 g/mol. The molecule has 0 spiro atoms. The second-order valence-corrected chi connectivity index (χ2v) is 7.92. The Hall–Kier alpha value is -1.91. The average molecular weight is 353 g/mol. The van der Waals surface area contributed by atoms with Gasteiger partial charge in [0.05, 0.1) is 32.3 Å². The maximum Gasteiger partial charge on any atom is 0.131 e. The Balaban J connectivity index is 1.75. The van der Waals surface area contributed by atoms with Crippen molar-refractivity contribution in [1.29, 1.82) is 0 Å². The van der Waals surface area contributed by atoms with Crippen LogP contribution in [0.3, 0.4) is 0 Å². The van der Waals surface area contributed by atoms with Crippen LogP contribution in [0.5, 0.6) is 5.75 Å². The number of aliphatic hydroxyl groups excluding tert-OH is 1. The monoisotopic (exact) mass is 353 g/mol. The first-order chi connectivity index (χ1) is 12.6. The fraction of sp³-hybridized carbons (Fsp3) is 0.500. The molecule has 4 heteroatoms. The molecule has 5 atom stereocenters. The van der Waals surface area contributed by atoms with E-state index in [1.54, 1.807) is 7.11 Å². The minimum atomic E-state index is -0.485. The summed E-state index contributed by atoms with van der Waals surface area (Å²) in [6.45, 7) is 9.66. The molecule has 0 amide bonds. The van der Waals surface area contributed by atoms with Crippen molar-refractivity contribution in [1.82, 2.24) is 4.98 Å². The first-order valence-corrected chi connectivity index (χ1v) is 9.71. The van der Waals surface area contributed by atoms with Gasteiger partial charge in [0.15, 0.2) is 0 Å². The molecule has 5 unspecified atom stereocenters. The van der Waals surface area contributed by atoms with Crippen LogP contribution in [0.2, 0.25) is 0 Å². The van der Waals surface area contributed by atoms with E-state index in [4.69, 9.17) is 4.74 Å². The second-order valence-electron chi connectivity index (χ2n) is 7.92. The highest BCUT2D eigenvalue weighted by molar-refractivity contribution is 5.83. The van der Waals surface area contributed by atoms with Crippen LogP contribution >= 0.6 is 0 Å². The van der Waals surface area contributed by atoms with E-state index >= 15 is 0 Å². The van der Waals surface area contributed by atoms with Gasteiger partial charge < -0.3 is 14.3 Å². The average Bonchev–Trinajstić information content (AvgIpc) is 2.72. The van der Waals surface area contributed by atoms with Crippen molar-refractivity contribution in [3.05, 3.63) is 48.7 Å². The topological polar surface area (TPSA) is 42.4 Å². The summed E-state index contributed by atoms with van der Waals surface area (Å²) in [6.07, 6.45) is 5.79. The summed E-state index contributed by atoms with van der Waals surface area (Å²) in [4.78, 5) is 4.47. The van der Waals surface area contributed by atoms with Gasteiger partial charge in [-0.25, -0.2) is 0 Å². The highest BCUT2D eigenvalue weighted by Crippen LogP contribution is 2.46. The summed E-state index contributed by atoms with van der Waals surface area (Å²) in [5.74, 6) is 2.04. The molecule has 1 N–H and O–H groups in total. The van der Waals surface area contributed by atoms with Crippen molar-refractivity contribution < 1.29 is 14.3 Å². The second kappa shape index (κ2) is 6.67.